The van der Waals surface area contributed by atoms with Gasteiger partial charge >= 0.3 is 0 Å². The Hall–Kier alpha value is -7.37. The van der Waals surface area contributed by atoms with E-state index in [4.69, 9.17) is 5.73 Å². The summed E-state index contributed by atoms with van der Waals surface area (Å²) in [5, 5.41) is 31.4. The number of aromatic amines is 1. The highest BCUT2D eigenvalue weighted by Crippen LogP contribution is 2.20. The Morgan fingerprint density at radius 3 is 1.55 bits per heavy atom. The lowest BCUT2D eigenvalue weighted by Gasteiger charge is -2.28. The molecule has 11 N–H and O–H groups in total. The van der Waals surface area contributed by atoms with Gasteiger partial charge in [0.15, 0.2) is 0 Å². The molecule has 0 saturated carbocycles. The zero-order valence-electron chi connectivity index (χ0n) is 40.2. The Bertz CT molecular complexity index is 2540. The van der Waals surface area contributed by atoms with Gasteiger partial charge in [-0.25, -0.2) is 0 Å². The number of hydrogen-bond donors (Lipinski definition) is 10. The van der Waals surface area contributed by atoms with Crippen LogP contribution in [0.5, 0.6) is 0 Å². The first-order valence-corrected chi connectivity index (χ1v) is 24.5. The third-order valence-corrected chi connectivity index (χ3v) is 12.5. The average Bonchev–Trinajstić information content (AvgIpc) is 3.78. The van der Waals surface area contributed by atoms with E-state index in [2.05, 4.69) is 42.2 Å². The molecule has 1 saturated heterocycles. The summed E-state index contributed by atoms with van der Waals surface area (Å²) in [6.07, 6.45) is 3.36. The van der Waals surface area contributed by atoms with E-state index in [9.17, 15) is 38.7 Å². The molecule has 0 unspecified atom stereocenters. The van der Waals surface area contributed by atoms with Crippen LogP contribution >= 0.6 is 0 Å². The molecule has 5 aromatic rings. The number of aromatic nitrogens is 1. The largest absolute Gasteiger partial charge is 0.391 e. The van der Waals surface area contributed by atoms with Gasteiger partial charge < -0.3 is 53.0 Å². The van der Waals surface area contributed by atoms with Crippen molar-refractivity contribution in [1.29, 1.82) is 0 Å². The van der Waals surface area contributed by atoms with Gasteiger partial charge in [0.05, 0.1) is 6.10 Å². The number of carbonyl (C=O) groups excluding carboxylic acids is 7. The quantitative estimate of drug-likeness (QED) is 0.0880. The Morgan fingerprint density at radius 2 is 0.986 bits per heavy atom. The SMILES string of the molecule is C[C@@H](O)[C@@H]1NC(=O)[C@H](CCCN)NC(=O)[C@@H](Cc2c[nH]c3ccccc23)NC(=O)[C@H](Cc2ccccc2)NC(=O)[C@H](Cc2ccccc2)NC(=O)CCCCCCNC(=O)[C@H](Cc2ccccc2)NC1=O. The first-order chi connectivity index (χ1) is 34.4. The molecule has 1 aliphatic rings. The number of benzene rings is 4. The smallest absolute Gasteiger partial charge is 0.245 e. The number of fused-ring (bicyclic) bond motifs is 1. The van der Waals surface area contributed by atoms with Crippen molar-refractivity contribution in [3.05, 3.63) is 144 Å². The lowest BCUT2D eigenvalue weighted by Crippen LogP contribution is -2.61. The Labute approximate surface area is 414 Å². The number of H-pyrrole nitrogens is 1. The average molecular weight is 970 g/mol. The molecule has 7 atom stereocenters. The van der Waals surface area contributed by atoms with Crippen LogP contribution in [0.4, 0.5) is 0 Å². The van der Waals surface area contributed by atoms with Crippen molar-refractivity contribution in [2.45, 2.75) is 120 Å². The molecule has 0 radical (unpaired) electrons. The summed E-state index contributed by atoms with van der Waals surface area (Å²) in [4.78, 5) is 103. The summed E-state index contributed by atoms with van der Waals surface area (Å²) in [5.74, 6) is -4.50. The molecular weight excluding hydrogens is 903 g/mol. The Balaban J connectivity index is 1.34. The third kappa shape index (κ3) is 16.4. The number of hydrogen-bond acceptors (Lipinski definition) is 9. The van der Waals surface area contributed by atoms with Crippen molar-refractivity contribution in [2.24, 2.45) is 5.73 Å². The van der Waals surface area contributed by atoms with Crippen molar-refractivity contribution in [3.8, 4) is 0 Å². The second kappa shape index (κ2) is 27.1. The van der Waals surface area contributed by atoms with E-state index in [-0.39, 0.29) is 63.9 Å². The lowest BCUT2D eigenvalue weighted by molar-refractivity contribution is -0.136. The molecule has 71 heavy (non-hydrogen) atoms. The number of para-hydroxylation sites is 1. The van der Waals surface area contributed by atoms with E-state index in [1.54, 1.807) is 18.3 Å². The van der Waals surface area contributed by atoms with Crippen LogP contribution in [0.15, 0.2) is 121 Å². The highest BCUT2D eigenvalue weighted by atomic mass is 16.3. The van der Waals surface area contributed by atoms with Crippen LogP contribution in [-0.4, -0.2) is 107 Å². The summed E-state index contributed by atoms with van der Waals surface area (Å²) in [6.45, 7) is 1.76. The van der Waals surface area contributed by atoms with Gasteiger partial charge in [0, 0.05) is 55.7 Å². The van der Waals surface area contributed by atoms with Gasteiger partial charge in [-0.15, -0.1) is 0 Å². The number of aliphatic hydroxyl groups is 1. The van der Waals surface area contributed by atoms with Gasteiger partial charge in [-0.3, -0.25) is 33.6 Å². The van der Waals surface area contributed by atoms with Crippen LogP contribution in [0.2, 0.25) is 0 Å². The molecule has 1 fully saturated rings. The number of carbonyl (C=O) groups is 7. The topological polar surface area (TPSA) is 266 Å². The van der Waals surface area contributed by atoms with Gasteiger partial charge in [0.25, 0.3) is 0 Å². The zero-order valence-corrected chi connectivity index (χ0v) is 40.2. The monoisotopic (exact) mass is 970 g/mol. The van der Waals surface area contributed by atoms with E-state index in [1.807, 2.05) is 103 Å². The maximum atomic E-state index is 14.7. The molecule has 376 valence electrons. The van der Waals surface area contributed by atoms with Crippen LogP contribution in [0.3, 0.4) is 0 Å². The maximum Gasteiger partial charge on any atom is 0.245 e. The van der Waals surface area contributed by atoms with E-state index in [0.717, 1.165) is 27.6 Å². The Kier molecular flexibility index (Phi) is 20.3. The minimum Gasteiger partial charge on any atom is -0.391 e. The molecule has 6 rings (SSSR count). The minimum absolute atomic E-state index is 0.0240. The molecule has 17 nitrogen and oxygen atoms in total. The van der Waals surface area contributed by atoms with Crippen molar-refractivity contribution >= 4 is 52.3 Å². The summed E-state index contributed by atoms with van der Waals surface area (Å²) in [7, 11) is 0. The number of amides is 7. The molecule has 0 aliphatic carbocycles. The highest BCUT2D eigenvalue weighted by molar-refractivity contribution is 5.98. The van der Waals surface area contributed by atoms with Crippen molar-refractivity contribution in [1.82, 2.24) is 42.2 Å². The third-order valence-electron chi connectivity index (χ3n) is 12.5. The van der Waals surface area contributed by atoms with Crippen LogP contribution in [0.25, 0.3) is 10.9 Å². The minimum atomic E-state index is -1.54. The molecule has 1 aliphatic heterocycles. The molecule has 7 amide bonds. The summed E-state index contributed by atoms with van der Waals surface area (Å²) >= 11 is 0. The van der Waals surface area contributed by atoms with E-state index in [1.165, 1.54) is 6.92 Å². The fraction of sp³-hybridized carbons (Fsp3) is 0.389. The number of rotatable bonds is 12. The van der Waals surface area contributed by atoms with Crippen molar-refractivity contribution in [3.63, 3.8) is 0 Å². The van der Waals surface area contributed by atoms with Gasteiger partial charge in [-0.05, 0) is 67.5 Å². The zero-order chi connectivity index (χ0) is 50.5. The number of aliphatic hydroxyl groups excluding tert-OH is 1. The standard InChI is InChI=1S/C54H67N9O8/c1-35(64)48-54(71)62-43(30-36-18-7-4-8-19-36)49(66)56-29-16-3-2-13-27-47(65)58-44(31-37-20-9-5-10-21-37)51(68)60-45(32-38-22-11-6-12-23-38)52(69)61-46(33-39-34-57-41-25-15-14-24-40(39)41)53(70)59-42(26-17-28-55)50(67)63-48/h4-12,14-15,18-25,34-35,42-46,48,57,64H,2-3,13,16-17,26-33,55H2,1H3,(H,56,66)(H,58,65)(H,59,70)(H,60,68)(H,61,69)(H,62,71)(H,63,67)/t35-,42+,43+,44+,45+,46-,48+/m1/s1. The second-order valence-electron chi connectivity index (χ2n) is 18.1. The van der Waals surface area contributed by atoms with Crippen LogP contribution in [0.1, 0.15) is 74.1 Å². The van der Waals surface area contributed by atoms with E-state index < -0.39 is 77.8 Å². The first kappa shape index (κ1) is 53.0. The normalized spacial score (nSPS) is 22.4. The van der Waals surface area contributed by atoms with Crippen LogP contribution < -0.4 is 43.0 Å². The molecule has 4 aromatic carbocycles. The number of nitrogens with two attached hydrogens (primary N) is 1. The molecule has 0 spiro atoms. The van der Waals surface area contributed by atoms with Gasteiger partial charge in [0.2, 0.25) is 41.4 Å². The predicted octanol–water partition coefficient (Wildman–Crippen LogP) is 2.55. The molecule has 0 bridgehead atoms. The molecular formula is C54H67N9O8. The summed E-state index contributed by atoms with van der Waals surface area (Å²) < 4.78 is 0. The Morgan fingerprint density at radius 1 is 0.521 bits per heavy atom. The first-order valence-electron chi connectivity index (χ1n) is 24.5. The van der Waals surface area contributed by atoms with Crippen LogP contribution in [-0.2, 0) is 59.2 Å². The molecule has 1 aromatic heterocycles. The summed E-state index contributed by atoms with van der Waals surface area (Å²) in [6, 6.07) is 27.3. The van der Waals surface area contributed by atoms with E-state index >= 15 is 0 Å². The van der Waals surface area contributed by atoms with Gasteiger partial charge in [-0.2, -0.15) is 0 Å². The molecule has 2 heterocycles. The fourth-order valence-corrected chi connectivity index (χ4v) is 8.60. The predicted molar refractivity (Wildman–Crippen MR) is 270 cm³/mol. The molecule has 17 heteroatoms. The van der Waals surface area contributed by atoms with Gasteiger partial charge in [-0.1, -0.05) is 122 Å². The fourth-order valence-electron chi connectivity index (χ4n) is 8.60. The second-order valence-corrected chi connectivity index (χ2v) is 18.1. The van der Waals surface area contributed by atoms with Crippen LogP contribution in [0, 0.1) is 0 Å². The summed E-state index contributed by atoms with van der Waals surface area (Å²) in [5.41, 5.74) is 9.63. The lowest BCUT2D eigenvalue weighted by atomic mass is 10.00. The highest BCUT2D eigenvalue weighted by Gasteiger charge is 2.35. The number of nitrogens with one attached hydrogen (secondary N) is 8. The maximum absolute atomic E-state index is 14.7. The van der Waals surface area contributed by atoms with Gasteiger partial charge in [0.1, 0.15) is 36.3 Å². The van der Waals surface area contributed by atoms with E-state index in [0.29, 0.717) is 31.2 Å². The van der Waals surface area contributed by atoms with Crippen molar-refractivity contribution < 1.29 is 38.7 Å². The van der Waals surface area contributed by atoms with Crippen molar-refractivity contribution in [2.75, 3.05) is 13.1 Å².